The maximum absolute atomic E-state index is 13.3. The zero-order valence-electron chi connectivity index (χ0n) is 17.3. The van der Waals surface area contributed by atoms with Crippen molar-refractivity contribution in [3.8, 4) is 0 Å². The second kappa shape index (κ2) is 7.83. The highest BCUT2D eigenvalue weighted by Gasteiger charge is 2.50. The second-order valence-electron chi connectivity index (χ2n) is 7.59. The van der Waals surface area contributed by atoms with Crippen LogP contribution in [0.25, 0.3) is 10.8 Å². The topological polar surface area (TPSA) is 69.7 Å². The Hall–Kier alpha value is -3.74. The fourth-order valence-corrected chi connectivity index (χ4v) is 4.03. The first-order chi connectivity index (χ1) is 14.8. The molecule has 158 valence electrons. The predicted octanol–water partition coefficient (Wildman–Crippen LogP) is 3.80. The van der Waals surface area contributed by atoms with E-state index >= 15 is 0 Å². The number of nitrogens with zero attached hydrogens (tertiary/aromatic N) is 2. The van der Waals surface area contributed by atoms with Gasteiger partial charge in [0.2, 0.25) is 5.91 Å². The molecule has 1 heterocycles. The molecule has 1 N–H and O–H groups in total. The summed E-state index contributed by atoms with van der Waals surface area (Å²) in [7, 11) is 0. The standard InChI is InChI=1S/C24H22FN3O3/c1-3-27(18-13-11-17(25)12-14-18)21(29)15-28-22(30)24(2,26-23(28)31)20-10-6-8-16-7-4-5-9-19(16)20/h4-14H,3,15H2,1-2H3,(H,26,31)/t24-/m1/s1. The lowest BCUT2D eigenvalue weighted by Crippen LogP contribution is -2.44. The minimum absolute atomic E-state index is 0.314. The summed E-state index contributed by atoms with van der Waals surface area (Å²) < 4.78 is 13.2. The van der Waals surface area contributed by atoms with Crippen molar-refractivity contribution in [3.05, 3.63) is 78.1 Å². The number of fused-ring (bicyclic) bond motifs is 1. The molecule has 0 radical (unpaired) electrons. The molecular weight excluding hydrogens is 397 g/mol. The summed E-state index contributed by atoms with van der Waals surface area (Å²) >= 11 is 0. The van der Waals surface area contributed by atoms with Crippen LogP contribution in [0, 0.1) is 5.82 Å². The molecule has 31 heavy (non-hydrogen) atoms. The molecule has 3 aromatic carbocycles. The number of nitrogens with one attached hydrogen (secondary N) is 1. The Labute approximate surface area is 179 Å². The van der Waals surface area contributed by atoms with Gasteiger partial charge in [-0.15, -0.1) is 0 Å². The number of urea groups is 1. The third kappa shape index (κ3) is 3.52. The Morgan fingerprint density at radius 1 is 1.03 bits per heavy atom. The van der Waals surface area contributed by atoms with Crippen LogP contribution < -0.4 is 10.2 Å². The molecule has 4 amide bonds. The van der Waals surface area contributed by atoms with Crippen molar-refractivity contribution in [1.82, 2.24) is 10.2 Å². The highest BCUT2D eigenvalue weighted by molar-refractivity contribution is 6.12. The largest absolute Gasteiger partial charge is 0.325 e. The summed E-state index contributed by atoms with van der Waals surface area (Å²) in [5.74, 6) is -1.33. The Morgan fingerprint density at radius 2 is 1.71 bits per heavy atom. The van der Waals surface area contributed by atoms with E-state index in [1.165, 1.54) is 29.2 Å². The lowest BCUT2D eigenvalue weighted by molar-refractivity contribution is -0.134. The van der Waals surface area contributed by atoms with Gasteiger partial charge < -0.3 is 10.2 Å². The van der Waals surface area contributed by atoms with Gasteiger partial charge in [-0.05, 0) is 54.4 Å². The fourth-order valence-electron chi connectivity index (χ4n) is 4.03. The first kappa shape index (κ1) is 20.5. The van der Waals surface area contributed by atoms with Crippen molar-refractivity contribution in [2.24, 2.45) is 0 Å². The van der Waals surface area contributed by atoms with E-state index in [1.807, 2.05) is 42.5 Å². The lowest BCUT2D eigenvalue weighted by Gasteiger charge is -2.25. The molecule has 3 aromatic rings. The van der Waals surface area contributed by atoms with Crippen LogP contribution in [-0.4, -0.2) is 35.8 Å². The monoisotopic (exact) mass is 419 g/mol. The normalized spacial score (nSPS) is 18.4. The van der Waals surface area contributed by atoms with E-state index in [0.29, 0.717) is 17.8 Å². The summed E-state index contributed by atoms with van der Waals surface area (Å²) in [4.78, 5) is 41.3. The van der Waals surface area contributed by atoms with E-state index in [2.05, 4.69) is 5.32 Å². The first-order valence-electron chi connectivity index (χ1n) is 10.0. The van der Waals surface area contributed by atoms with Crippen LogP contribution in [0.5, 0.6) is 0 Å². The molecule has 0 spiro atoms. The highest BCUT2D eigenvalue weighted by Crippen LogP contribution is 2.34. The molecular formula is C24H22FN3O3. The van der Waals surface area contributed by atoms with Crippen LogP contribution in [0.2, 0.25) is 0 Å². The Balaban J connectivity index is 1.62. The molecule has 4 rings (SSSR count). The average molecular weight is 419 g/mol. The average Bonchev–Trinajstić information content (AvgIpc) is 2.99. The number of rotatable bonds is 5. The number of carbonyl (C=O) groups excluding carboxylic acids is 3. The third-order valence-electron chi connectivity index (χ3n) is 5.65. The van der Waals surface area contributed by atoms with Crippen LogP contribution in [-0.2, 0) is 15.1 Å². The van der Waals surface area contributed by atoms with Crippen molar-refractivity contribution in [3.63, 3.8) is 0 Å². The number of halogens is 1. The minimum Gasteiger partial charge on any atom is -0.319 e. The summed E-state index contributed by atoms with van der Waals surface area (Å²) in [6, 6.07) is 18.1. The van der Waals surface area contributed by atoms with E-state index in [4.69, 9.17) is 0 Å². The molecule has 0 unspecified atom stereocenters. The van der Waals surface area contributed by atoms with Gasteiger partial charge in [0.1, 0.15) is 17.9 Å². The van der Waals surface area contributed by atoms with Crippen molar-refractivity contribution in [1.29, 1.82) is 0 Å². The molecule has 0 bridgehead atoms. The van der Waals surface area contributed by atoms with Gasteiger partial charge in [-0.2, -0.15) is 0 Å². The number of benzene rings is 3. The number of likely N-dealkylation sites (N-methyl/N-ethyl adjacent to an activating group) is 1. The molecule has 0 aromatic heterocycles. The smallest absolute Gasteiger partial charge is 0.319 e. The number of hydrogen-bond acceptors (Lipinski definition) is 3. The van der Waals surface area contributed by atoms with E-state index in [-0.39, 0.29) is 0 Å². The maximum atomic E-state index is 13.3. The highest BCUT2D eigenvalue weighted by atomic mass is 19.1. The third-order valence-corrected chi connectivity index (χ3v) is 5.65. The van der Waals surface area contributed by atoms with Gasteiger partial charge in [-0.1, -0.05) is 42.5 Å². The molecule has 7 heteroatoms. The van der Waals surface area contributed by atoms with Gasteiger partial charge in [0, 0.05) is 12.2 Å². The minimum atomic E-state index is -1.29. The van der Waals surface area contributed by atoms with Gasteiger partial charge >= 0.3 is 6.03 Å². The van der Waals surface area contributed by atoms with E-state index in [9.17, 15) is 18.8 Å². The Morgan fingerprint density at radius 3 is 2.42 bits per heavy atom. The van der Waals surface area contributed by atoms with E-state index in [1.54, 1.807) is 13.8 Å². The van der Waals surface area contributed by atoms with Crippen molar-refractivity contribution in [2.45, 2.75) is 19.4 Å². The number of amides is 4. The van der Waals surface area contributed by atoms with Crippen molar-refractivity contribution in [2.75, 3.05) is 18.0 Å². The Bertz CT molecular complexity index is 1170. The maximum Gasteiger partial charge on any atom is 0.325 e. The van der Waals surface area contributed by atoms with Gasteiger partial charge in [0.25, 0.3) is 5.91 Å². The van der Waals surface area contributed by atoms with Crippen molar-refractivity contribution < 1.29 is 18.8 Å². The van der Waals surface area contributed by atoms with Gasteiger partial charge in [0.15, 0.2) is 0 Å². The van der Waals surface area contributed by atoms with Gasteiger partial charge in [-0.25, -0.2) is 9.18 Å². The SMILES string of the molecule is CCN(C(=O)CN1C(=O)N[C@](C)(c2cccc3ccccc23)C1=O)c1ccc(F)cc1. The van der Waals surface area contributed by atoms with Crippen LogP contribution in [0.1, 0.15) is 19.4 Å². The quantitative estimate of drug-likeness (QED) is 0.640. The van der Waals surface area contributed by atoms with Crippen LogP contribution in [0.3, 0.4) is 0 Å². The second-order valence-corrected chi connectivity index (χ2v) is 7.59. The van der Waals surface area contributed by atoms with Gasteiger partial charge in [0.05, 0.1) is 0 Å². The Kier molecular flexibility index (Phi) is 5.19. The number of hydrogen-bond donors (Lipinski definition) is 1. The zero-order valence-corrected chi connectivity index (χ0v) is 17.3. The van der Waals surface area contributed by atoms with Gasteiger partial charge in [-0.3, -0.25) is 14.5 Å². The number of carbonyl (C=O) groups is 3. The molecule has 1 saturated heterocycles. The molecule has 1 aliphatic rings. The van der Waals surface area contributed by atoms with E-state index < -0.39 is 35.7 Å². The van der Waals surface area contributed by atoms with Crippen molar-refractivity contribution >= 4 is 34.3 Å². The fraction of sp³-hybridized carbons (Fsp3) is 0.208. The summed E-state index contributed by atoms with van der Waals surface area (Å²) in [5.41, 5.74) is -0.118. The number of anilines is 1. The molecule has 0 saturated carbocycles. The van der Waals surface area contributed by atoms with E-state index in [0.717, 1.165) is 15.7 Å². The predicted molar refractivity (Wildman–Crippen MR) is 116 cm³/mol. The first-order valence-corrected chi connectivity index (χ1v) is 10.0. The summed E-state index contributed by atoms with van der Waals surface area (Å²) in [6.07, 6.45) is 0. The summed E-state index contributed by atoms with van der Waals surface area (Å²) in [5, 5.41) is 4.57. The lowest BCUT2D eigenvalue weighted by atomic mass is 9.88. The summed E-state index contributed by atoms with van der Waals surface area (Å²) in [6.45, 7) is 3.33. The van der Waals surface area contributed by atoms with Crippen LogP contribution >= 0.6 is 0 Å². The molecule has 1 atom stereocenters. The molecule has 0 aliphatic carbocycles. The number of imide groups is 1. The molecule has 1 aliphatic heterocycles. The van der Waals surface area contributed by atoms with Crippen LogP contribution in [0.15, 0.2) is 66.7 Å². The van der Waals surface area contributed by atoms with Crippen LogP contribution in [0.4, 0.5) is 14.9 Å². The molecule has 6 nitrogen and oxygen atoms in total. The molecule has 1 fully saturated rings. The zero-order chi connectivity index (χ0) is 22.2.